The first-order valence-electron chi connectivity index (χ1n) is 10.6. The van der Waals surface area contributed by atoms with E-state index in [1.165, 1.54) is 6.07 Å². The predicted molar refractivity (Wildman–Crippen MR) is 123 cm³/mol. The minimum Gasteiger partial charge on any atom is -0.507 e. The molecule has 1 fully saturated rings. The largest absolute Gasteiger partial charge is 0.508 e. The Balaban J connectivity index is 1.91. The summed E-state index contributed by atoms with van der Waals surface area (Å²) in [5.74, 6) is -0.966. The van der Waals surface area contributed by atoms with Crippen LogP contribution in [0.1, 0.15) is 24.8 Å². The van der Waals surface area contributed by atoms with Crippen LogP contribution < -0.4 is 5.43 Å². The minimum atomic E-state index is -0.816. The summed E-state index contributed by atoms with van der Waals surface area (Å²) >= 11 is 6.30. The van der Waals surface area contributed by atoms with E-state index in [0.717, 1.165) is 6.07 Å². The van der Waals surface area contributed by atoms with Gasteiger partial charge in [-0.15, -0.1) is 0 Å². The van der Waals surface area contributed by atoms with Gasteiger partial charge in [-0.2, -0.15) is 0 Å². The van der Waals surface area contributed by atoms with Crippen LogP contribution in [-0.4, -0.2) is 54.1 Å². The molecule has 174 valence electrons. The van der Waals surface area contributed by atoms with E-state index >= 15 is 0 Å². The summed E-state index contributed by atoms with van der Waals surface area (Å²) in [5, 5.41) is 21.6. The van der Waals surface area contributed by atoms with Gasteiger partial charge in [-0.05, 0) is 39.1 Å². The Hall–Kier alpha value is -3.23. The molecule has 2 heterocycles. The standard InChI is InChI=1S/C24H24ClNO7/c1-3-31-24(30)33-20-12-26(2)9-8-14(20)21-16(27)10-17(28)22-18(29)11-19(32-23(21)22)13-6-4-5-7-15(13)25/h4-7,10-11,14,20,27-28H,3,8-9,12H2,1-2H3. The maximum absolute atomic E-state index is 13.0. The van der Waals surface area contributed by atoms with Crippen LogP contribution in [0.4, 0.5) is 4.79 Å². The number of hydrogen-bond acceptors (Lipinski definition) is 8. The molecule has 2 N–H and O–H groups in total. The summed E-state index contributed by atoms with van der Waals surface area (Å²) in [6.07, 6.45) is -0.979. The molecular weight excluding hydrogens is 450 g/mol. The number of likely N-dealkylation sites (tertiary alicyclic amines) is 1. The number of carbonyl (C=O) groups excluding carboxylic acids is 1. The molecule has 0 saturated carbocycles. The molecule has 33 heavy (non-hydrogen) atoms. The number of benzene rings is 2. The van der Waals surface area contributed by atoms with Crippen LogP contribution >= 0.6 is 11.6 Å². The van der Waals surface area contributed by atoms with Crippen molar-refractivity contribution in [3.05, 3.63) is 57.2 Å². The summed E-state index contributed by atoms with van der Waals surface area (Å²) in [6, 6.07) is 9.25. The highest BCUT2D eigenvalue weighted by Gasteiger charge is 2.36. The number of rotatable bonds is 4. The van der Waals surface area contributed by atoms with E-state index in [2.05, 4.69) is 0 Å². The number of nitrogens with zero attached hydrogens (tertiary/aromatic N) is 1. The van der Waals surface area contributed by atoms with Gasteiger partial charge in [0.25, 0.3) is 0 Å². The number of piperidine rings is 1. The van der Waals surface area contributed by atoms with E-state index in [1.807, 2.05) is 11.9 Å². The zero-order chi connectivity index (χ0) is 23.7. The number of halogens is 1. The van der Waals surface area contributed by atoms with Crippen LogP contribution in [0.25, 0.3) is 22.3 Å². The normalized spacial score (nSPS) is 18.9. The molecule has 1 saturated heterocycles. The zero-order valence-corrected chi connectivity index (χ0v) is 19.0. The van der Waals surface area contributed by atoms with E-state index in [1.54, 1.807) is 31.2 Å². The summed E-state index contributed by atoms with van der Waals surface area (Å²) < 4.78 is 16.6. The van der Waals surface area contributed by atoms with E-state index in [-0.39, 0.29) is 34.6 Å². The first kappa shape index (κ1) is 22.9. The summed E-state index contributed by atoms with van der Waals surface area (Å²) in [6.45, 7) is 2.88. The molecule has 2 atom stereocenters. The van der Waals surface area contributed by atoms with Crippen LogP contribution in [0.15, 0.2) is 45.6 Å². The van der Waals surface area contributed by atoms with Gasteiger partial charge in [0.05, 0.1) is 11.6 Å². The molecule has 2 unspecified atom stereocenters. The van der Waals surface area contributed by atoms with Gasteiger partial charge in [0, 0.05) is 35.7 Å². The third kappa shape index (κ3) is 4.49. The summed E-state index contributed by atoms with van der Waals surface area (Å²) in [5.41, 5.74) is 0.327. The van der Waals surface area contributed by atoms with Gasteiger partial charge in [-0.1, -0.05) is 23.7 Å². The average molecular weight is 474 g/mol. The maximum Gasteiger partial charge on any atom is 0.508 e. The Labute approximate surface area is 194 Å². The lowest BCUT2D eigenvalue weighted by Crippen LogP contribution is -2.43. The first-order chi connectivity index (χ1) is 15.8. The van der Waals surface area contributed by atoms with E-state index < -0.39 is 29.4 Å². The predicted octanol–water partition coefficient (Wildman–Crippen LogP) is 4.49. The Kier molecular flexibility index (Phi) is 6.49. The zero-order valence-electron chi connectivity index (χ0n) is 18.2. The fraction of sp³-hybridized carbons (Fsp3) is 0.333. The second kappa shape index (κ2) is 9.33. The van der Waals surface area contributed by atoms with Crippen LogP contribution in [-0.2, 0) is 9.47 Å². The number of ether oxygens (including phenoxy) is 2. The lowest BCUT2D eigenvalue weighted by atomic mass is 9.85. The van der Waals surface area contributed by atoms with Crippen molar-refractivity contribution in [2.75, 3.05) is 26.7 Å². The molecule has 1 aliphatic heterocycles. The smallest absolute Gasteiger partial charge is 0.507 e. The third-order valence-electron chi connectivity index (χ3n) is 5.78. The molecule has 0 bridgehead atoms. The second-order valence-electron chi connectivity index (χ2n) is 7.98. The van der Waals surface area contributed by atoms with E-state index in [0.29, 0.717) is 30.1 Å². The number of phenolic OH excluding ortho intramolecular Hbond substituents is 2. The van der Waals surface area contributed by atoms with Gasteiger partial charge in [0.15, 0.2) is 5.43 Å². The molecule has 8 nitrogen and oxygen atoms in total. The number of hydrogen-bond donors (Lipinski definition) is 2. The third-order valence-corrected chi connectivity index (χ3v) is 6.11. The van der Waals surface area contributed by atoms with Crippen molar-refractivity contribution < 1.29 is 28.9 Å². The number of fused-ring (bicyclic) bond motifs is 1. The maximum atomic E-state index is 13.0. The molecule has 3 aromatic rings. The Morgan fingerprint density at radius 1 is 1.24 bits per heavy atom. The van der Waals surface area contributed by atoms with Gasteiger partial charge in [-0.3, -0.25) is 4.79 Å². The quantitative estimate of drug-likeness (QED) is 0.533. The molecule has 2 aromatic carbocycles. The summed E-state index contributed by atoms with van der Waals surface area (Å²) in [7, 11) is 1.89. The van der Waals surface area contributed by atoms with Crippen LogP contribution in [0.3, 0.4) is 0 Å². The van der Waals surface area contributed by atoms with Crippen LogP contribution in [0, 0.1) is 0 Å². The average Bonchev–Trinajstić information content (AvgIpc) is 2.75. The Morgan fingerprint density at radius 2 is 2.00 bits per heavy atom. The SMILES string of the molecule is CCOC(=O)OC1CN(C)CCC1c1c(O)cc(O)c2c(=O)cc(-c3ccccc3Cl)oc12. The van der Waals surface area contributed by atoms with Crippen molar-refractivity contribution in [2.24, 2.45) is 0 Å². The van der Waals surface area contributed by atoms with Crippen molar-refractivity contribution in [3.8, 4) is 22.8 Å². The number of aromatic hydroxyl groups is 2. The Morgan fingerprint density at radius 3 is 2.73 bits per heavy atom. The molecule has 1 aromatic heterocycles. The fourth-order valence-electron chi connectivity index (χ4n) is 4.27. The van der Waals surface area contributed by atoms with Crippen molar-refractivity contribution in [3.63, 3.8) is 0 Å². The van der Waals surface area contributed by atoms with Crippen LogP contribution in [0.5, 0.6) is 11.5 Å². The molecule has 0 aliphatic carbocycles. The fourth-order valence-corrected chi connectivity index (χ4v) is 4.50. The first-order valence-corrected chi connectivity index (χ1v) is 11.0. The van der Waals surface area contributed by atoms with E-state index in [9.17, 15) is 19.8 Å². The van der Waals surface area contributed by atoms with E-state index in [4.69, 9.17) is 25.5 Å². The highest BCUT2D eigenvalue weighted by Crippen LogP contribution is 2.43. The highest BCUT2D eigenvalue weighted by molar-refractivity contribution is 6.33. The Bertz CT molecular complexity index is 1260. The molecule has 0 radical (unpaired) electrons. The lowest BCUT2D eigenvalue weighted by molar-refractivity contribution is -0.00905. The molecule has 1 aliphatic rings. The molecule has 4 rings (SSSR count). The lowest BCUT2D eigenvalue weighted by Gasteiger charge is -2.36. The van der Waals surface area contributed by atoms with Gasteiger partial charge in [0.2, 0.25) is 0 Å². The molecule has 9 heteroatoms. The van der Waals surface area contributed by atoms with Gasteiger partial charge in [-0.25, -0.2) is 4.79 Å². The molecule has 0 spiro atoms. The van der Waals surface area contributed by atoms with Gasteiger partial charge in [0.1, 0.15) is 34.3 Å². The number of carbonyl (C=O) groups is 1. The van der Waals surface area contributed by atoms with Crippen molar-refractivity contribution >= 4 is 28.7 Å². The topological polar surface area (TPSA) is 109 Å². The molecule has 0 amide bonds. The number of likely N-dealkylation sites (N-methyl/N-ethyl adjacent to an activating group) is 1. The molecular formula is C24H24ClNO7. The monoisotopic (exact) mass is 473 g/mol. The highest BCUT2D eigenvalue weighted by atomic mass is 35.5. The summed E-state index contributed by atoms with van der Waals surface area (Å²) in [4.78, 5) is 27.1. The minimum absolute atomic E-state index is 0.0296. The second-order valence-corrected chi connectivity index (χ2v) is 8.39. The van der Waals surface area contributed by atoms with Gasteiger partial charge < -0.3 is 29.0 Å². The van der Waals surface area contributed by atoms with Crippen molar-refractivity contribution in [2.45, 2.75) is 25.4 Å². The number of phenols is 2. The van der Waals surface area contributed by atoms with Crippen LogP contribution in [0.2, 0.25) is 5.02 Å². The van der Waals surface area contributed by atoms with Crippen molar-refractivity contribution in [1.82, 2.24) is 4.90 Å². The van der Waals surface area contributed by atoms with Crippen molar-refractivity contribution in [1.29, 1.82) is 0 Å². The van der Waals surface area contributed by atoms with Gasteiger partial charge >= 0.3 is 6.16 Å².